The molecule has 1 aliphatic carbocycles. The van der Waals surface area contributed by atoms with Crippen molar-refractivity contribution in [2.24, 2.45) is 11.7 Å². The van der Waals surface area contributed by atoms with Gasteiger partial charge in [0, 0.05) is 12.1 Å². The molecule has 0 saturated heterocycles. The first-order valence-electron chi connectivity index (χ1n) is 8.19. The minimum absolute atomic E-state index is 0.0599. The molecule has 128 valence electrons. The van der Waals surface area contributed by atoms with Crippen molar-refractivity contribution in [1.82, 2.24) is 10.1 Å². The van der Waals surface area contributed by atoms with E-state index >= 15 is 0 Å². The fraction of sp³-hybridized carbons (Fsp3) is 0.471. The number of nitrogens with two attached hydrogens (primary N) is 1. The van der Waals surface area contributed by atoms with Crippen molar-refractivity contribution in [2.45, 2.75) is 45.6 Å². The Morgan fingerprint density at radius 2 is 2.12 bits per heavy atom. The van der Waals surface area contributed by atoms with Crippen LogP contribution in [0.4, 0.5) is 0 Å². The van der Waals surface area contributed by atoms with Crippen LogP contribution in [0, 0.1) is 12.8 Å². The smallest absolute Gasteiger partial charge is 0.354 e. The van der Waals surface area contributed by atoms with Crippen LogP contribution in [-0.2, 0) is 16.2 Å². The van der Waals surface area contributed by atoms with Gasteiger partial charge in [-0.25, -0.2) is 9.78 Å². The molecule has 7 heteroatoms. The van der Waals surface area contributed by atoms with E-state index in [9.17, 15) is 4.79 Å². The van der Waals surface area contributed by atoms with E-state index in [1.165, 1.54) is 12.6 Å². The van der Waals surface area contributed by atoms with Crippen molar-refractivity contribution in [3.8, 4) is 17.2 Å². The molecule has 0 bridgehead atoms. The van der Waals surface area contributed by atoms with Crippen LogP contribution in [0.2, 0.25) is 0 Å². The Hall–Kier alpha value is -2.41. The standard InChI is InChI=1S/C17H21N3O4/c1-11-14(9-18)16(22-20-11)15-8-7-13(10-19-15)23-24-17(21)12-5-3-2-4-6-12/h7-8,10,12H,2-6,9,18H2,1H3. The Morgan fingerprint density at radius 1 is 1.33 bits per heavy atom. The third kappa shape index (κ3) is 3.56. The molecule has 0 spiro atoms. The van der Waals surface area contributed by atoms with Gasteiger partial charge in [0.2, 0.25) is 0 Å². The quantitative estimate of drug-likeness (QED) is 0.664. The number of pyridine rings is 1. The predicted molar refractivity (Wildman–Crippen MR) is 85.7 cm³/mol. The molecule has 2 aromatic rings. The first-order chi connectivity index (χ1) is 11.7. The maximum Gasteiger partial charge on any atom is 0.358 e. The Kier molecular flexibility index (Phi) is 5.10. The molecule has 0 aromatic carbocycles. The van der Waals surface area contributed by atoms with Crippen LogP contribution >= 0.6 is 0 Å². The van der Waals surface area contributed by atoms with Crippen molar-refractivity contribution in [3.63, 3.8) is 0 Å². The lowest BCUT2D eigenvalue weighted by atomic mass is 9.89. The highest BCUT2D eigenvalue weighted by Crippen LogP contribution is 2.27. The molecule has 0 amide bonds. The molecule has 0 atom stereocenters. The van der Waals surface area contributed by atoms with Gasteiger partial charge in [-0.15, -0.1) is 0 Å². The van der Waals surface area contributed by atoms with Crippen LogP contribution in [0.3, 0.4) is 0 Å². The summed E-state index contributed by atoms with van der Waals surface area (Å²) in [6.07, 6.45) is 6.52. The molecule has 2 N–H and O–H groups in total. The van der Waals surface area contributed by atoms with Crippen molar-refractivity contribution in [3.05, 3.63) is 29.6 Å². The van der Waals surface area contributed by atoms with Crippen LogP contribution in [0.5, 0.6) is 5.75 Å². The van der Waals surface area contributed by atoms with Gasteiger partial charge in [-0.05, 0) is 31.9 Å². The molecular formula is C17H21N3O4. The van der Waals surface area contributed by atoms with Crippen molar-refractivity contribution >= 4 is 5.97 Å². The summed E-state index contributed by atoms with van der Waals surface area (Å²) in [4.78, 5) is 26.2. The van der Waals surface area contributed by atoms with Crippen molar-refractivity contribution in [1.29, 1.82) is 0 Å². The number of aryl methyl sites for hydroxylation is 1. The monoisotopic (exact) mass is 331 g/mol. The van der Waals surface area contributed by atoms with Crippen LogP contribution in [-0.4, -0.2) is 16.1 Å². The molecule has 2 aromatic heterocycles. The summed E-state index contributed by atoms with van der Waals surface area (Å²) in [7, 11) is 0. The van der Waals surface area contributed by atoms with E-state index < -0.39 is 0 Å². The molecule has 0 radical (unpaired) electrons. The Labute approximate surface area is 140 Å². The van der Waals surface area contributed by atoms with E-state index in [-0.39, 0.29) is 11.9 Å². The second-order valence-electron chi connectivity index (χ2n) is 5.98. The number of rotatable bonds is 5. The SMILES string of the molecule is Cc1noc(-c2ccc(OOC(=O)C3CCCCC3)cn2)c1CN. The van der Waals surface area contributed by atoms with E-state index in [1.54, 1.807) is 12.1 Å². The second-order valence-corrected chi connectivity index (χ2v) is 5.98. The largest absolute Gasteiger partial charge is 0.358 e. The van der Waals surface area contributed by atoms with Gasteiger partial charge in [0.1, 0.15) is 5.69 Å². The number of hydrogen-bond acceptors (Lipinski definition) is 7. The number of aromatic nitrogens is 2. The van der Waals surface area contributed by atoms with Crippen LogP contribution in [0.1, 0.15) is 43.4 Å². The normalized spacial score (nSPS) is 15.2. The van der Waals surface area contributed by atoms with E-state index in [0.717, 1.165) is 36.9 Å². The fourth-order valence-electron chi connectivity index (χ4n) is 2.89. The molecule has 0 unspecified atom stereocenters. The summed E-state index contributed by atoms with van der Waals surface area (Å²) in [6, 6.07) is 3.37. The summed E-state index contributed by atoms with van der Waals surface area (Å²) >= 11 is 0. The molecule has 3 rings (SSSR count). The molecule has 7 nitrogen and oxygen atoms in total. The second kappa shape index (κ2) is 7.44. The third-order valence-electron chi connectivity index (χ3n) is 4.32. The van der Waals surface area contributed by atoms with Gasteiger partial charge in [-0.3, -0.25) is 9.78 Å². The number of hydrogen-bond donors (Lipinski definition) is 1. The van der Waals surface area contributed by atoms with Crippen LogP contribution in [0.25, 0.3) is 11.5 Å². The van der Waals surface area contributed by atoms with Crippen molar-refractivity contribution < 1.29 is 19.1 Å². The zero-order valence-corrected chi connectivity index (χ0v) is 13.7. The van der Waals surface area contributed by atoms with Gasteiger partial charge in [0.15, 0.2) is 11.5 Å². The number of carbonyl (C=O) groups is 1. The van der Waals surface area contributed by atoms with Gasteiger partial charge >= 0.3 is 5.97 Å². The van der Waals surface area contributed by atoms with E-state index in [0.29, 0.717) is 23.7 Å². The first-order valence-corrected chi connectivity index (χ1v) is 8.19. The highest BCUT2D eigenvalue weighted by Gasteiger charge is 2.24. The zero-order chi connectivity index (χ0) is 16.9. The molecule has 1 aliphatic rings. The van der Waals surface area contributed by atoms with Gasteiger partial charge in [-0.1, -0.05) is 24.4 Å². The van der Waals surface area contributed by atoms with Crippen LogP contribution in [0.15, 0.2) is 22.9 Å². The maximum atomic E-state index is 11.9. The van der Waals surface area contributed by atoms with Gasteiger partial charge in [0.05, 0.1) is 17.8 Å². The van der Waals surface area contributed by atoms with E-state index in [2.05, 4.69) is 10.1 Å². The lowest BCUT2D eigenvalue weighted by molar-refractivity contribution is -0.219. The van der Waals surface area contributed by atoms with Crippen molar-refractivity contribution in [2.75, 3.05) is 0 Å². The molecule has 1 saturated carbocycles. The average Bonchev–Trinajstić information content (AvgIpc) is 3.01. The van der Waals surface area contributed by atoms with Crippen LogP contribution < -0.4 is 10.6 Å². The van der Waals surface area contributed by atoms with E-state index in [4.69, 9.17) is 20.0 Å². The van der Waals surface area contributed by atoms with Gasteiger partial charge in [0.25, 0.3) is 0 Å². The van der Waals surface area contributed by atoms with Gasteiger partial charge in [-0.2, -0.15) is 0 Å². The van der Waals surface area contributed by atoms with E-state index in [1.807, 2.05) is 6.92 Å². The first kappa shape index (κ1) is 16.4. The number of carbonyl (C=O) groups excluding carboxylic acids is 1. The molecule has 0 aliphatic heterocycles. The molecule has 2 heterocycles. The third-order valence-corrected chi connectivity index (χ3v) is 4.32. The topological polar surface area (TPSA) is 100 Å². The lowest BCUT2D eigenvalue weighted by Crippen LogP contribution is -2.21. The maximum absolute atomic E-state index is 11.9. The summed E-state index contributed by atoms with van der Waals surface area (Å²) in [5, 5.41) is 3.90. The fourth-order valence-corrected chi connectivity index (χ4v) is 2.89. The number of nitrogens with zero attached hydrogens (tertiary/aromatic N) is 2. The summed E-state index contributed by atoms with van der Waals surface area (Å²) < 4.78 is 5.27. The lowest BCUT2D eigenvalue weighted by Gasteiger charge is -2.18. The minimum Gasteiger partial charge on any atom is -0.354 e. The van der Waals surface area contributed by atoms with Gasteiger partial charge < -0.3 is 10.3 Å². The Balaban J connectivity index is 1.61. The molecule has 24 heavy (non-hydrogen) atoms. The zero-order valence-electron chi connectivity index (χ0n) is 13.7. The molecule has 1 fully saturated rings. The predicted octanol–water partition coefficient (Wildman–Crippen LogP) is 2.92. The highest BCUT2D eigenvalue weighted by atomic mass is 17.2. The summed E-state index contributed by atoms with van der Waals surface area (Å²) in [5.41, 5.74) is 7.87. The Bertz CT molecular complexity index is 690. The summed E-state index contributed by atoms with van der Waals surface area (Å²) in [6.45, 7) is 2.15. The summed E-state index contributed by atoms with van der Waals surface area (Å²) in [5.74, 6) is 0.527. The minimum atomic E-state index is -0.310. The molecular weight excluding hydrogens is 310 g/mol. The Morgan fingerprint density at radius 3 is 2.79 bits per heavy atom. The average molecular weight is 331 g/mol. The highest BCUT2D eigenvalue weighted by molar-refractivity contribution is 5.72.